The number of nitrogens with one attached hydrogen (secondary N) is 2. The molecule has 1 aromatic rings. The number of anilines is 1. The number of hydrogen-bond donors (Lipinski definition) is 3. The van der Waals surface area contributed by atoms with Gasteiger partial charge in [-0.05, 0) is 32.0 Å². The van der Waals surface area contributed by atoms with Gasteiger partial charge in [0.05, 0.1) is 5.69 Å². The van der Waals surface area contributed by atoms with Gasteiger partial charge < -0.3 is 16.4 Å². The Morgan fingerprint density at radius 3 is 2.65 bits per heavy atom. The van der Waals surface area contributed by atoms with E-state index in [4.69, 9.17) is 29.6 Å². The Hall–Kier alpha value is -1.33. The Morgan fingerprint density at radius 1 is 1.47 bits per heavy atom. The molecule has 0 aliphatic carbocycles. The molecule has 0 atom stereocenters. The molecule has 0 saturated heterocycles. The van der Waals surface area contributed by atoms with Gasteiger partial charge in [-0.15, -0.1) is 0 Å². The van der Waals surface area contributed by atoms with Gasteiger partial charge in [-0.1, -0.05) is 23.8 Å². The highest BCUT2D eigenvalue weighted by molar-refractivity contribution is 7.80. The van der Waals surface area contributed by atoms with Crippen LogP contribution < -0.4 is 16.4 Å². The van der Waals surface area contributed by atoms with Crippen LogP contribution in [0.5, 0.6) is 0 Å². The first kappa shape index (κ1) is 13.7. The molecule has 0 fully saturated rings. The first-order chi connectivity index (χ1) is 7.90. The lowest BCUT2D eigenvalue weighted by Crippen LogP contribution is -2.34. The highest BCUT2D eigenvalue weighted by Crippen LogP contribution is 2.21. The normalized spacial score (nSPS) is 10.1. The third-order valence-corrected chi connectivity index (χ3v) is 2.37. The number of thiocarbonyl (C=S) groups is 1. The summed E-state index contributed by atoms with van der Waals surface area (Å²) in [5, 5.41) is 5.87. The van der Waals surface area contributed by atoms with Crippen molar-refractivity contribution >= 4 is 40.5 Å². The Labute approximate surface area is 111 Å². The summed E-state index contributed by atoms with van der Waals surface area (Å²) in [4.78, 5) is 11.8. The summed E-state index contributed by atoms with van der Waals surface area (Å²) in [5.41, 5.74) is 6.65. The predicted molar refractivity (Wildman–Crippen MR) is 74.6 cm³/mol. The van der Waals surface area contributed by atoms with Crippen LogP contribution in [0.3, 0.4) is 0 Å². The van der Waals surface area contributed by atoms with Crippen LogP contribution in [0.1, 0.15) is 19.4 Å². The van der Waals surface area contributed by atoms with Crippen molar-refractivity contribution in [3.8, 4) is 0 Å². The fourth-order valence-corrected chi connectivity index (χ4v) is 1.61. The minimum absolute atomic E-state index is 0.0439. The molecule has 2 amide bonds. The molecule has 0 aliphatic rings. The first-order valence-electron chi connectivity index (χ1n) is 5.07. The monoisotopic (exact) mass is 271 g/mol. The summed E-state index contributed by atoms with van der Waals surface area (Å²) in [6.45, 7) is 3.73. The molecule has 0 spiro atoms. The van der Waals surface area contributed by atoms with Gasteiger partial charge >= 0.3 is 6.03 Å². The van der Waals surface area contributed by atoms with E-state index < -0.39 is 0 Å². The number of rotatable bonds is 3. The van der Waals surface area contributed by atoms with Gasteiger partial charge in [-0.3, -0.25) is 0 Å². The predicted octanol–water partition coefficient (Wildman–Crippen LogP) is 2.50. The van der Waals surface area contributed by atoms with Gasteiger partial charge in [0, 0.05) is 16.6 Å². The number of nitrogens with two attached hydrogens (primary N) is 1. The van der Waals surface area contributed by atoms with Crippen LogP contribution in [-0.2, 0) is 0 Å². The number of urea groups is 1. The Morgan fingerprint density at radius 2 is 2.12 bits per heavy atom. The van der Waals surface area contributed by atoms with Crippen molar-refractivity contribution in [2.75, 3.05) is 5.32 Å². The molecular weight excluding hydrogens is 258 g/mol. The van der Waals surface area contributed by atoms with Gasteiger partial charge in [-0.25, -0.2) is 4.79 Å². The minimum Gasteiger partial charge on any atom is -0.389 e. The third kappa shape index (κ3) is 4.20. The molecule has 17 heavy (non-hydrogen) atoms. The standard InChI is InChI=1S/C11H14ClN3OS/c1-6(2)14-11(16)15-9-5-7(12)3-4-8(9)10(13)17/h3-6H,1-2H3,(H2,13,17)(H2,14,15,16). The second kappa shape index (κ2) is 5.84. The summed E-state index contributed by atoms with van der Waals surface area (Å²) in [6, 6.07) is 4.68. The van der Waals surface area contributed by atoms with Crippen molar-refractivity contribution in [1.29, 1.82) is 0 Å². The van der Waals surface area contributed by atoms with Crippen molar-refractivity contribution in [2.45, 2.75) is 19.9 Å². The van der Waals surface area contributed by atoms with Gasteiger partial charge in [0.15, 0.2) is 0 Å². The maximum atomic E-state index is 11.6. The van der Waals surface area contributed by atoms with E-state index in [9.17, 15) is 4.79 Å². The molecule has 0 bridgehead atoms. The second-order valence-electron chi connectivity index (χ2n) is 3.81. The van der Waals surface area contributed by atoms with Crippen molar-refractivity contribution in [2.24, 2.45) is 5.73 Å². The molecule has 0 saturated carbocycles. The molecular formula is C11H14ClN3OS. The second-order valence-corrected chi connectivity index (χ2v) is 4.68. The van der Waals surface area contributed by atoms with Crippen LogP contribution in [-0.4, -0.2) is 17.1 Å². The number of carbonyl (C=O) groups is 1. The van der Waals surface area contributed by atoms with E-state index in [1.807, 2.05) is 13.8 Å². The van der Waals surface area contributed by atoms with Crippen LogP contribution in [0.15, 0.2) is 18.2 Å². The van der Waals surface area contributed by atoms with Crippen LogP contribution in [0.2, 0.25) is 5.02 Å². The summed E-state index contributed by atoms with van der Waals surface area (Å²) in [7, 11) is 0. The fraction of sp³-hybridized carbons (Fsp3) is 0.273. The number of halogens is 1. The number of hydrogen-bond acceptors (Lipinski definition) is 2. The van der Waals surface area contributed by atoms with E-state index in [0.29, 0.717) is 16.3 Å². The summed E-state index contributed by atoms with van der Waals surface area (Å²) in [6.07, 6.45) is 0. The van der Waals surface area contributed by atoms with E-state index in [1.165, 1.54) is 0 Å². The topological polar surface area (TPSA) is 67.2 Å². The summed E-state index contributed by atoms with van der Waals surface area (Å²) < 4.78 is 0. The van der Waals surface area contributed by atoms with Crippen LogP contribution in [0.25, 0.3) is 0 Å². The highest BCUT2D eigenvalue weighted by atomic mass is 35.5. The zero-order valence-electron chi connectivity index (χ0n) is 9.58. The maximum absolute atomic E-state index is 11.6. The lowest BCUT2D eigenvalue weighted by Gasteiger charge is -2.13. The molecule has 0 heterocycles. The van der Waals surface area contributed by atoms with E-state index in [0.717, 1.165) is 0 Å². The zero-order valence-corrected chi connectivity index (χ0v) is 11.2. The quantitative estimate of drug-likeness (QED) is 0.740. The van der Waals surface area contributed by atoms with E-state index in [-0.39, 0.29) is 17.1 Å². The fourth-order valence-electron chi connectivity index (χ4n) is 1.26. The average Bonchev–Trinajstić information content (AvgIpc) is 2.15. The highest BCUT2D eigenvalue weighted by Gasteiger charge is 2.09. The van der Waals surface area contributed by atoms with Crippen molar-refractivity contribution < 1.29 is 4.79 Å². The van der Waals surface area contributed by atoms with Crippen LogP contribution in [0, 0.1) is 0 Å². The molecule has 4 N–H and O–H groups in total. The van der Waals surface area contributed by atoms with Crippen molar-refractivity contribution in [1.82, 2.24) is 5.32 Å². The molecule has 0 aromatic heterocycles. The minimum atomic E-state index is -0.320. The number of carbonyl (C=O) groups excluding carboxylic acids is 1. The van der Waals surface area contributed by atoms with E-state index in [1.54, 1.807) is 18.2 Å². The molecule has 1 aromatic carbocycles. The molecule has 1 rings (SSSR count). The molecule has 0 radical (unpaired) electrons. The van der Waals surface area contributed by atoms with Crippen molar-refractivity contribution in [3.05, 3.63) is 28.8 Å². The number of amides is 2. The first-order valence-corrected chi connectivity index (χ1v) is 5.85. The Bertz CT molecular complexity index is 448. The molecule has 0 aliphatic heterocycles. The third-order valence-electron chi connectivity index (χ3n) is 1.92. The summed E-state index contributed by atoms with van der Waals surface area (Å²) >= 11 is 10.8. The smallest absolute Gasteiger partial charge is 0.319 e. The van der Waals surface area contributed by atoms with Gasteiger partial charge in [0.1, 0.15) is 4.99 Å². The van der Waals surface area contributed by atoms with Gasteiger partial charge in [-0.2, -0.15) is 0 Å². The van der Waals surface area contributed by atoms with E-state index >= 15 is 0 Å². The molecule has 6 heteroatoms. The largest absolute Gasteiger partial charge is 0.389 e. The average molecular weight is 272 g/mol. The maximum Gasteiger partial charge on any atom is 0.319 e. The Balaban J connectivity index is 2.92. The lowest BCUT2D eigenvalue weighted by molar-refractivity contribution is 0.250. The van der Waals surface area contributed by atoms with Gasteiger partial charge in [0.2, 0.25) is 0 Å². The van der Waals surface area contributed by atoms with E-state index in [2.05, 4.69) is 10.6 Å². The van der Waals surface area contributed by atoms with Crippen LogP contribution >= 0.6 is 23.8 Å². The Kier molecular flexibility index (Phi) is 4.72. The zero-order chi connectivity index (χ0) is 13.0. The van der Waals surface area contributed by atoms with Crippen molar-refractivity contribution in [3.63, 3.8) is 0 Å². The lowest BCUT2D eigenvalue weighted by atomic mass is 10.2. The molecule has 0 unspecified atom stereocenters. The van der Waals surface area contributed by atoms with Gasteiger partial charge in [0.25, 0.3) is 0 Å². The van der Waals surface area contributed by atoms with Crippen LogP contribution in [0.4, 0.5) is 10.5 Å². The SMILES string of the molecule is CC(C)NC(=O)Nc1cc(Cl)ccc1C(N)=S. The molecule has 92 valence electrons. The summed E-state index contributed by atoms with van der Waals surface area (Å²) in [5.74, 6) is 0. The number of benzene rings is 1. The molecule has 4 nitrogen and oxygen atoms in total.